The number of rotatable bonds is 3. The van der Waals surface area contributed by atoms with E-state index in [1.54, 1.807) is 0 Å². The van der Waals surface area contributed by atoms with Crippen LogP contribution >= 0.6 is 0 Å². The molecule has 2 aromatic rings. The van der Waals surface area contributed by atoms with Crippen molar-refractivity contribution in [3.05, 3.63) is 47.7 Å². The Morgan fingerprint density at radius 2 is 1.65 bits per heavy atom. The van der Waals surface area contributed by atoms with E-state index in [0.717, 1.165) is 5.56 Å². The molecule has 0 aliphatic heterocycles. The van der Waals surface area contributed by atoms with Crippen LogP contribution in [0.15, 0.2) is 34.7 Å². The maximum Gasteiger partial charge on any atom is 0.237 e. The SMILES string of the molecule is CC1(C)C(c2nnc(C(N)c3ccccc3)o2)C1(C)C. The summed E-state index contributed by atoms with van der Waals surface area (Å²) < 4.78 is 5.85. The first-order valence-corrected chi connectivity index (χ1v) is 6.99. The van der Waals surface area contributed by atoms with Gasteiger partial charge in [-0.3, -0.25) is 0 Å². The van der Waals surface area contributed by atoms with Crippen LogP contribution < -0.4 is 5.73 Å². The van der Waals surface area contributed by atoms with Gasteiger partial charge in [0.05, 0.1) is 0 Å². The Labute approximate surface area is 119 Å². The topological polar surface area (TPSA) is 64.9 Å². The van der Waals surface area contributed by atoms with Crippen LogP contribution in [0.4, 0.5) is 0 Å². The van der Waals surface area contributed by atoms with Gasteiger partial charge in [0.25, 0.3) is 0 Å². The average molecular weight is 271 g/mol. The number of nitrogens with two attached hydrogens (primary N) is 1. The standard InChI is InChI=1S/C16H21N3O/c1-15(2)12(16(15,3)4)14-19-18-13(20-14)11(17)10-8-6-5-7-9-10/h5-9,11-12H,17H2,1-4H3. The smallest absolute Gasteiger partial charge is 0.237 e. The Balaban J connectivity index is 1.86. The highest BCUT2D eigenvalue weighted by Gasteiger charge is 2.67. The molecule has 1 aromatic carbocycles. The van der Waals surface area contributed by atoms with E-state index in [2.05, 4.69) is 37.9 Å². The maximum atomic E-state index is 6.19. The summed E-state index contributed by atoms with van der Waals surface area (Å²) in [6, 6.07) is 9.46. The minimum Gasteiger partial charge on any atom is -0.423 e. The van der Waals surface area contributed by atoms with Crippen LogP contribution in [0.25, 0.3) is 0 Å². The van der Waals surface area contributed by atoms with Gasteiger partial charge in [-0.1, -0.05) is 58.0 Å². The van der Waals surface area contributed by atoms with Crippen molar-refractivity contribution in [1.82, 2.24) is 10.2 Å². The second-order valence-corrected chi connectivity index (χ2v) is 6.74. The lowest BCUT2D eigenvalue weighted by atomic mass is 10.0. The molecule has 1 unspecified atom stereocenters. The zero-order valence-corrected chi connectivity index (χ0v) is 12.4. The third-order valence-electron chi connectivity index (χ3n) is 5.15. The molecule has 1 aliphatic carbocycles. The second-order valence-electron chi connectivity index (χ2n) is 6.74. The molecule has 2 N–H and O–H groups in total. The highest BCUT2D eigenvalue weighted by molar-refractivity contribution is 5.26. The molecule has 1 heterocycles. The minimum atomic E-state index is -0.359. The Kier molecular flexibility index (Phi) is 2.77. The molecule has 0 spiro atoms. The molecule has 3 rings (SSSR count). The third kappa shape index (κ3) is 1.79. The molecular formula is C16H21N3O. The third-order valence-corrected chi connectivity index (χ3v) is 5.15. The van der Waals surface area contributed by atoms with E-state index in [1.165, 1.54) is 0 Å². The maximum absolute atomic E-state index is 6.19. The largest absolute Gasteiger partial charge is 0.423 e. The quantitative estimate of drug-likeness (QED) is 0.930. The van der Waals surface area contributed by atoms with Gasteiger partial charge in [-0.05, 0) is 16.4 Å². The van der Waals surface area contributed by atoms with Gasteiger partial charge in [0.15, 0.2) is 0 Å². The summed E-state index contributed by atoms with van der Waals surface area (Å²) in [7, 11) is 0. The number of nitrogens with zero attached hydrogens (tertiary/aromatic N) is 2. The van der Waals surface area contributed by atoms with Crippen LogP contribution in [-0.2, 0) is 0 Å². The monoisotopic (exact) mass is 271 g/mol. The van der Waals surface area contributed by atoms with Crippen LogP contribution in [-0.4, -0.2) is 10.2 Å². The van der Waals surface area contributed by atoms with Gasteiger partial charge in [-0.25, -0.2) is 0 Å². The van der Waals surface area contributed by atoms with E-state index in [0.29, 0.717) is 17.7 Å². The van der Waals surface area contributed by atoms with Crippen LogP contribution in [0.2, 0.25) is 0 Å². The molecule has 1 aliphatic rings. The Hall–Kier alpha value is -1.68. The molecule has 0 bridgehead atoms. The molecule has 0 amide bonds. The van der Waals surface area contributed by atoms with E-state index >= 15 is 0 Å². The van der Waals surface area contributed by atoms with Gasteiger partial charge < -0.3 is 10.2 Å². The predicted octanol–water partition coefficient (Wildman–Crippen LogP) is 3.27. The molecular weight excluding hydrogens is 250 g/mol. The molecule has 4 nitrogen and oxygen atoms in total. The Morgan fingerprint density at radius 3 is 2.20 bits per heavy atom. The number of benzene rings is 1. The fourth-order valence-electron chi connectivity index (χ4n) is 3.11. The lowest BCUT2D eigenvalue weighted by Crippen LogP contribution is -2.11. The van der Waals surface area contributed by atoms with Crippen LogP contribution in [0, 0.1) is 10.8 Å². The summed E-state index contributed by atoms with van der Waals surface area (Å²) in [4.78, 5) is 0. The summed E-state index contributed by atoms with van der Waals surface area (Å²) >= 11 is 0. The van der Waals surface area contributed by atoms with Gasteiger partial charge in [-0.2, -0.15) is 0 Å². The van der Waals surface area contributed by atoms with Crippen LogP contribution in [0.5, 0.6) is 0 Å². The molecule has 106 valence electrons. The summed E-state index contributed by atoms with van der Waals surface area (Å²) in [5.74, 6) is 1.50. The van der Waals surface area contributed by atoms with Crippen molar-refractivity contribution >= 4 is 0 Å². The van der Waals surface area contributed by atoms with Crippen molar-refractivity contribution in [3.63, 3.8) is 0 Å². The summed E-state index contributed by atoms with van der Waals surface area (Å²) in [5, 5.41) is 8.36. The van der Waals surface area contributed by atoms with Crippen LogP contribution in [0.1, 0.15) is 57.0 Å². The van der Waals surface area contributed by atoms with Crippen molar-refractivity contribution in [2.45, 2.75) is 39.7 Å². The number of hydrogen-bond acceptors (Lipinski definition) is 4. The Morgan fingerprint density at radius 1 is 1.05 bits per heavy atom. The summed E-state index contributed by atoms with van der Waals surface area (Å²) in [5.41, 5.74) is 7.55. The predicted molar refractivity (Wildman–Crippen MR) is 77.1 cm³/mol. The van der Waals surface area contributed by atoms with Crippen molar-refractivity contribution in [1.29, 1.82) is 0 Å². The first kappa shape index (κ1) is 13.3. The zero-order chi connectivity index (χ0) is 14.5. The molecule has 20 heavy (non-hydrogen) atoms. The molecule has 1 fully saturated rings. The van der Waals surface area contributed by atoms with E-state index in [9.17, 15) is 0 Å². The van der Waals surface area contributed by atoms with Crippen molar-refractivity contribution in [2.75, 3.05) is 0 Å². The highest BCUT2D eigenvalue weighted by Crippen LogP contribution is 2.73. The van der Waals surface area contributed by atoms with E-state index in [1.807, 2.05) is 30.3 Å². The lowest BCUT2D eigenvalue weighted by molar-refractivity contribution is 0.418. The van der Waals surface area contributed by atoms with Crippen LogP contribution in [0.3, 0.4) is 0 Å². The summed E-state index contributed by atoms with van der Waals surface area (Å²) in [6.07, 6.45) is 0. The number of hydrogen-bond donors (Lipinski definition) is 1. The van der Waals surface area contributed by atoms with Crippen molar-refractivity contribution in [3.8, 4) is 0 Å². The van der Waals surface area contributed by atoms with Crippen molar-refractivity contribution < 1.29 is 4.42 Å². The summed E-state index contributed by atoms with van der Waals surface area (Å²) in [6.45, 7) is 8.94. The second kappa shape index (κ2) is 4.16. The van der Waals surface area contributed by atoms with Gasteiger partial charge in [0, 0.05) is 5.92 Å². The van der Waals surface area contributed by atoms with E-state index < -0.39 is 0 Å². The molecule has 0 saturated heterocycles. The van der Waals surface area contributed by atoms with Gasteiger partial charge in [-0.15, -0.1) is 10.2 Å². The van der Waals surface area contributed by atoms with E-state index in [-0.39, 0.29) is 16.9 Å². The first-order valence-electron chi connectivity index (χ1n) is 6.99. The average Bonchev–Trinajstić information content (AvgIpc) is 2.75. The highest BCUT2D eigenvalue weighted by atomic mass is 16.4. The fraction of sp³-hybridized carbons (Fsp3) is 0.500. The molecule has 4 heteroatoms. The lowest BCUT2D eigenvalue weighted by Gasteiger charge is -2.06. The minimum absolute atomic E-state index is 0.188. The fourth-order valence-corrected chi connectivity index (χ4v) is 3.11. The molecule has 1 aromatic heterocycles. The Bertz CT molecular complexity index is 602. The first-order chi connectivity index (χ1) is 9.35. The molecule has 0 radical (unpaired) electrons. The molecule has 1 atom stereocenters. The van der Waals surface area contributed by atoms with Gasteiger partial charge in [0.2, 0.25) is 11.8 Å². The van der Waals surface area contributed by atoms with Gasteiger partial charge >= 0.3 is 0 Å². The van der Waals surface area contributed by atoms with Gasteiger partial charge in [0.1, 0.15) is 6.04 Å². The zero-order valence-electron chi connectivity index (χ0n) is 12.4. The molecule has 1 saturated carbocycles. The normalized spacial score (nSPS) is 21.6. The van der Waals surface area contributed by atoms with Crippen molar-refractivity contribution in [2.24, 2.45) is 16.6 Å². The van der Waals surface area contributed by atoms with E-state index in [4.69, 9.17) is 10.2 Å². The number of aromatic nitrogens is 2.